The summed E-state index contributed by atoms with van der Waals surface area (Å²) in [5.74, 6) is 0.614. The molecule has 0 amide bonds. The van der Waals surface area contributed by atoms with Gasteiger partial charge in [0.25, 0.3) is 0 Å². The first-order valence-electron chi connectivity index (χ1n) is 20.6. The predicted octanol–water partition coefficient (Wildman–Crippen LogP) is 16.2. The molecule has 0 spiro atoms. The highest BCUT2D eigenvalue weighted by Crippen LogP contribution is 2.44. The highest BCUT2D eigenvalue weighted by Gasteiger charge is 2.20. The molecule has 12 rings (SSSR count). The molecule has 0 fully saturated rings. The zero-order chi connectivity index (χ0) is 40.3. The van der Waals surface area contributed by atoms with Crippen molar-refractivity contribution in [1.82, 2.24) is 4.98 Å². The van der Waals surface area contributed by atoms with E-state index in [1.165, 1.54) is 11.1 Å². The zero-order valence-electron chi connectivity index (χ0n) is 33.0. The van der Waals surface area contributed by atoms with Crippen molar-refractivity contribution in [2.24, 2.45) is 0 Å². The van der Waals surface area contributed by atoms with E-state index in [9.17, 15) is 0 Å². The van der Waals surface area contributed by atoms with Crippen molar-refractivity contribution in [3.05, 3.63) is 218 Å². The molecule has 0 aliphatic heterocycles. The molecule has 0 saturated heterocycles. The Bertz CT molecular complexity index is 3540. The van der Waals surface area contributed by atoms with Gasteiger partial charge in [-0.15, -0.1) is 0 Å². The van der Waals surface area contributed by atoms with E-state index in [0.29, 0.717) is 5.89 Å². The first-order chi connectivity index (χ1) is 30.2. The number of aromatic nitrogens is 1. The summed E-state index contributed by atoms with van der Waals surface area (Å²) >= 11 is 0. The number of benzene rings is 10. The van der Waals surface area contributed by atoms with Crippen molar-refractivity contribution in [1.29, 1.82) is 0 Å². The minimum Gasteiger partial charge on any atom is -0.455 e. The number of rotatable bonds is 7. The van der Waals surface area contributed by atoms with Crippen molar-refractivity contribution in [2.75, 3.05) is 4.90 Å². The molecule has 0 bridgehead atoms. The molecule has 0 atom stereocenters. The van der Waals surface area contributed by atoms with E-state index in [0.717, 1.165) is 99.5 Å². The molecule has 0 aliphatic carbocycles. The molecule has 0 unspecified atom stereocenters. The van der Waals surface area contributed by atoms with Crippen molar-refractivity contribution < 1.29 is 8.83 Å². The fraction of sp³-hybridized carbons (Fsp3) is 0. The second kappa shape index (κ2) is 14.3. The summed E-state index contributed by atoms with van der Waals surface area (Å²) in [6, 6.07) is 77.0. The van der Waals surface area contributed by atoms with Crippen LogP contribution in [0.15, 0.2) is 227 Å². The molecule has 0 radical (unpaired) electrons. The maximum atomic E-state index is 6.86. The van der Waals surface area contributed by atoms with Crippen LogP contribution in [-0.2, 0) is 0 Å². The maximum Gasteiger partial charge on any atom is 0.227 e. The third-order valence-corrected chi connectivity index (χ3v) is 11.9. The first kappa shape index (κ1) is 34.8. The molecule has 2 aromatic heterocycles. The summed E-state index contributed by atoms with van der Waals surface area (Å²) in [6.07, 6.45) is 0. The maximum absolute atomic E-state index is 6.86. The Morgan fingerprint density at radius 3 is 1.69 bits per heavy atom. The van der Waals surface area contributed by atoms with Crippen LogP contribution in [0.3, 0.4) is 0 Å². The number of nitrogens with zero attached hydrogens (tertiary/aromatic N) is 2. The van der Waals surface area contributed by atoms with E-state index in [-0.39, 0.29) is 0 Å². The second-order valence-corrected chi connectivity index (χ2v) is 15.5. The monoisotopic (exact) mass is 780 g/mol. The van der Waals surface area contributed by atoms with Gasteiger partial charge in [0.15, 0.2) is 5.58 Å². The molecule has 0 N–H and O–H groups in total. The van der Waals surface area contributed by atoms with Gasteiger partial charge in [-0.25, -0.2) is 4.98 Å². The number of anilines is 3. The van der Waals surface area contributed by atoms with E-state index in [1.54, 1.807) is 0 Å². The van der Waals surface area contributed by atoms with Crippen LogP contribution < -0.4 is 4.90 Å². The molecule has 286 valence electrons. The molecule has 0 saturated carbocycles. The summed E-state index contributed by atoms with van der Waals surface area (Å²) < 4.78 is 13.2. The van der Waals surface area contributed by atoms with Crippen LogP contribution in [0.5, 0.6) is 0 Å². The largest absolute Gasteiger partial charge is 0.455 e. The van der Waals surface area contributed by atoms with E-state index in [2.05, 4.69) is 199 Å². The van der Waals surface area contributed by atoms with Gasteiger partial charge in [0.1, 0.15) is 16.7 Å². The Morgan fingerprint density at radius 1 is 0.344 bits per heavy atom. The molecule has 4 heteroatoms. The van der Waals surface area contributed by atoms with Gasteiger partial charge in [-0.2, -0.15) is 0 Å². The topological polar surface area (TPSA) is 42.4 Å². The quantitative estimate of drug-likeness (QED) is 0.162. The molecule has 10 aromatic carbocycles. The molecular weight excluding hydrogens is 745 g/mol. The molecular formula is C57H36N2O2. The zero-order valence-corrected chi connectivity index (χ0v) is 33.0. The van der Waals surface area contributed by atoms with Crippen LogP contribution in [0.2, 0.25) is 0 Å². The van der Waals surface area contributed by atoms with E-state index >= 15 is 0 Å². The SMILES string of the molecule is c1ccc(-c2ccc(N(c3ccccc3)c3ccc(-c4cc5ccccc5c5c4oc4ccc(-c6cc(-c7nc8ccccc8o7)c7ccccc7c6)cc45)cc3)cc2)cc1. The minimum atomic E-state index is 0.614. The van der Waals surface area contributed by atoms with Crippen molar-refractivity contribution in [2.45, 2.75) is 0 Å². The predicted molar refractivity (Wildman–Crippen MR) is 253 cm³/mol. The highest BCUT2D eigenvalue weighted by molar-refractivity contribution is 6.23. The Morgan fingerprint density at radius 2 is 0.934 bits per heavy atom. The second-order valence-electron chi connectivity index (χ2n) is 15.5. The van der Waals surface area contributed by atoms with Crippen molar-refractivity contribution >= 4 is 71.6 Å². The minimum absolute atomic E-state index is 0.614. The summed E-state index contributed by atoms with van der Waals surface area (Å²) in [4.78, 5) is 7.20. The lowest BCUT2D eigenvalue weighted by atomic mass is 9.94. The van der Waals surface area contributed by atoms with Crippen LogP contribution in [-0.4, -0.2) is 4.98 Å². The van der Waals surface area contributed by atoms with Crippen molar-refractivity contribution in [3.63, 3.8) is 0 Å². The van der Waals surface area contributed by atoms with Crippen LogP contribution in [0.1, 0.15) is 0 Å². The van der Waals surface area contributed by atoms with Gasteiger partial charge in [0.2, 0.25) is 5.89 Å². The number of fused-ring (bicyclic) bond motifs is 7. The Labute approximate surface area is 352 Å². The van der Waals surface area contributed by atoms with Crippen LogP contribution in [0, 0.1) is 0 Å². The number of oxazole rings is 1. The number of furan rings is 1. The summed E-state index contributed by atoms with van der Waals surface area (Å²) in [5.41, 5.74) is 14.3. The fourth-order valence-corrected chi connectivity index (χ4v) is 8.91. The molecule has 2 heterocycles. The molecule has 12 aromatic rings. The Hall–Kier alpha value is -8.21. The van der Waals surface area contributed by atoms with Gasteiger partial charge in [0, 0.05) is 39.0 Å². The summed E-state index contributed by atoms with van der Waals surface area (Å²) in [7, 11) is 0. The average Bonchev–Trinajstić information content (AvgIpc) is 3.95. The van der Waals surface area contributed by atoms with Gasteiger partial charge in [-0.3, -0.25) is 0 Å². The van der Waals surface area contributed by atoms with Crippen LogP contribution >= 0.6 is 0 Å². The van der Waals surface area contributed by atoms with Gasteiger partial charge in [0.05, 0.1) is 0 Å². The van der Waals surface area contributed by atoms with E-state index < -0.39 is 0 Å². The summed E-state index contributed by atoms with van der Waals surface area (Å²) in [6.45, 7) is 0. The average molecular weight is 781 g/mol. The summed E-state index contributed by atoms with van der Waals surface area (Å²) in [5, 5.41) is 6.73. The number of hydrogen-bond acceptors (Lipinski definition) is 4. The van der Waals surface area contributed by atoms with E-state index in [4.69, 9.17) is 13.8 Å². The van der Waals surface area contributed by atoms with Crippen molar-refractivity contribution in [3.8, 4) is 44.8 Å². The standard InChI is InChI=1S/C57H36N2O2/c1-3-13-37(14-4-1)38-23-28-45(29-24-38)59(44-17-5-2-6-18-44)46-30-25-39(26-31-46)49-35-42-16-8-10-20-48(42)55-51-34-40(27-32-53(51)60-56(49)55)43-33-41-15-7-9-19-47(41)50(36-43)57-58-52-21-11-12-22-54(52)61-57/h1-36H. The van der Waals surface area contributed by atoms with E-state index in [1.807, 2.05) is 24.3 Å². The van der Waals surface area contributed by atoms with Gasteiger partial charge in [-0.05, 0) is 128 Å². The first-order valence-corrected chi connectivity index (χ1v) is 20.6. The third kappa shape index (κ3) is 6.04. The lowest BCUT2D eigenvalue weighted by molar-refractivity contribution is 0.620. The van der Waals surface area contributed by atoms with Gasteiger partial charge < -0.3 is 13.7 Å². The number of hydrogen-bond donors (Lipinski definition) is 0. The van der Waals surface area contributed by atoms with Gasteiger partial charge in [-0.1, -0.05) is 140 Å². The van der Waals surface area contributed by atoms with Crippen LogP contribution in [0.25, 0.3) is 99.4 Å². The Kier molecular flexibility index (Phi) is 8.13. The number of para-hydroxylation sites is 3. The Balaban J connectivity index is 0.973. The lowest BCUT2D eigenvalue weighted by Crippen LogP contribution is -2.09. The molecule has 61 heavy (non-hydrogen) atoms. The lowest BCUT2D eigenvalue weighted by Gasteiger charge is -2.26. The van der Waals surface area contributed by atoms with Gasteiger partial charge >= 0.3 is 0 Å². The molecule has 4 nitrogen and oxygen atoms in total. The third-order valence-electron chi connectivity index (χ3n) is 11.9. The van der Waals surface area contributed by atoms with Crippen LogP contribution in [0.4, 0.5) is 17.1 Å². The highest BCUT2D eigenvalue weighted by atomic mass is 16.3. The normalized spacial score (nSPS) is 11.6. The fourth-order valence-electron chi connectivity index (χ4n) is 8.91. The smallest absolute Gasteiger partial charge is 0.227 e. The molecule has 0 aliphatic rings.